The number of rotatable bonds is 55. The Morgan fingerprint density at radius 3 is 1.05 bits per heavy atom. The average Bonchev–Trinajstić information content (AvgIpc) is 3.31. The Morgan fingerprint density at radius 1 is 0.415 bits per heavy atom. The van der Waals surface area contributed by atoms with Gasteiger partial charge in [-0.05, 0) is 32.1 Å². The predicted octanol–water partition coefficient (Wildman–Crippen LogP) is 18.1. The van der Waals surface area contributed by atoms with Crippen LogP contribution in [0, 0.1) is 0 Å². The number of ether oxygens (including phenoxy) is 1. The predicted molar refractivity (Wildman–Crippen MR) is 283 cm³/mol. The lowest BCUT2D eigenvalue weighted by Gasteiger charge is -2.20. The summed E-state index contributed by atoms with van der Waals surface area (Å²) in [5.41, 5.74) is 0. The monoisotopic (exact) mass is 918 g/mol. The molecular weight excluding hydrogens is 803 g/mol. The molecular formula is C59H115NO5. The van der Waals surface area contributed by atoms with E-state index in [9.17, 15) is 19.8 Å². The van der Waals surface area contributed by atoms with Crippen molar-refractivity contribution in [1.29, 1.82) is 0 Å². The van der Waals surface area contributed by atoms with E-state index < -0.39 is 12.1 Å². The zero-order chi connectivity index (χ0) is 47.2. The summed E-state index contributed by atoms with van der Waals surface area (Å²) >= 11 is 0. The summed E-state index contributed by atoms with van der Waals surface area (Å²) in [5, 5.41) is 23.1. The molecule has 0 saturated heterocycles. The second-order valence-corrected chi connectivity index (χ2v) is 20.3. The van der Waals surface area contributed by atoms with Crippen molar-refractivity contribution in [3.05, 3.63) is 12.2 Å². The van der Waals surface area contributed by atoms with Crippen molar-refractivity contribution in [2.24, 2.45) is 0 Å². The summed E-state index contributed by atoms with van der Waals surface area (Å²) < 4.78 is 5.49. The molecule has 0 saturated carbocycles. The summed E-state index contributed by atoms with van der Waals surface area (Å²) in [6, 6.07) is -0.632. The van der Waals surface area contributed by atoms with Crippen molar-refractivity contribution in [1.82, 2.24) is 5.32 Å². The van der Waals surface area contributed by atoms with Gasteiger partial charge in [0, 0.05) is 12.8 Å². The van der Waals surface area contributed by atoms with Gasteiger partial charge in [0.25, 0.3) is 0 Å². The van der Waals surface area contributed by atoms with E-state index in [-0.39, 0.29) is 18.5 Å². The Kier molecular flexibility index (Phi) is 54.0. The Labute approximate surface area is 406 Å². The normalized spacial score (nSPS) is 12.6. The molecule has 0 aromatic rings. The van der Waals surface area contributed by atoms with Crippen molar-refractivity contribution in [2.75, 3.05) is 13.2 Å². The van der Waals surface area contributed by atoms with Crippen molar-refractivity contribution in [2.45, 2.75) is 341 Å². The van der Waals surface area contributed by atoms with Crippen molar-refractivity contribution in [3.8, 4) is 0 Å². The third-order valence-corrected chi connectivity index (χ3v) is 13.8. The molecule has 1 amide bonds. The molecule has 0 aliphatic rings. The van der Waals surface area contributed by atoms with Gasteiger partial charge in [0.05, 0.1) is 25.4 Å². The van der Waals surface area contributed by atoms with E-state index in [0.717, 1.165) is 44.9 Å². The van der Waals surface area contributed by atoms with Crippen LogP contribution < -0.4 is 5.32 Å². The Balaban J connectivity index is 3.43. The smallest absolute Gasteiger partial charge is 0.305 e. The minimum absolute atomic E-state index is 0.00620. The highest BCUT2D eigenvalue weighted by Crippen LogP contribution is 2.17. The van der Waals surface area contributed by atoms with E-state index in [1.54, 1.807) is 6.08 Å². The molecule has 0 fully saturated rings. The molecule has 2 unspecified atom stereocenters. The van der Waals surface area contributed by atoms with Gasteiger partial charge >= 0.3 is 5.97 Å². The summed E-state index contributed by atoms with van der Waals surface area (Å²) in [5.74, 6) is -0.0661. The lowest BCUT2D eigenvalue weighted by Crippen LogP contribution is -2.45. The SMILES string of the molecule is CCCCCCCCCCCCCCCC/C=C/C(O)C(CO)NC(=O)CCCCCCCCCCCCCCCCCCOC(=O)CCCCCCCCCCCCCCCCCC. The molecule has 6 nitrogen and oxygen atoms in total. The van der Waals surface area contributed by atoms with Gasteiger partial charge in [0.1, 0.15) is 0 Å². The van der Waals surface area contributed by atoms with Crippen LogP contribution >= 0.6 is 0 Å². The van der Waals surface area contributed by atoms with Crippen LogP contribution in [0.3, 0.4) is 0 Å². The summed E-state index contributed by atoms with van der Waals surface area (Å²) in [4.78, 5) is 24.5. The maximum Gasteiger partial charge on any atom is 0.305 e. The number of nitrogens with one attached hydrogen (secondary N) is 1. The van der Waals surface area contributed by atoms with Crippen LogP contribution in [0.4, 0.5) is 0 Å². The second-order valence-electron chi connectivity index (χ2n) is 20.3. The van der Waals surface area contributed by atoms with Gasteiger partial charge in [0.15, 0.2) is 0 Å². The maximum absolute atomic E-state index is 12.5. The van der Waals surface area contributed by atoms with Crippen LogP contribution in [0.25, 0.3) is 0 Å². The van der Waals surface area contributed by atoms with Crippen LogP contribution in [0.2, 0.25) is 0 Å². The number of hydrogen-bond donors (Lipinski definition) is 3. The van der Waals surface area contributed by atoms with Gasteiger partial charge in [-0.1, -0.05) is 296 Å². The first-order valence-corrected chi connectivity index (χ1v) is 29.5. The molecule has 0 spiro atoms. The standard InChI is InChI=1S/C59H115NO5/c1-3-5-7-9-11-13-15-17-19-23-27-31-35-39-43-47-51-57(62)56(55-61)60-58(63)52-48-44-40-36-32-28-24-21-22-26-30-34-38-42-46-50-54-65-59(64)53-49-45-41-37-33-29-25-20-18-16-14-12-10-8-6-4-2/h47,51,56-57,61-62H,3-46,48-50,52-55H2,1-2H3,(H,60,63)/b51-47+. The third-order valence-electron chi connectivity index (χ3n) is 13.8. The summed E-state index contributed by atoms with van der Waals surface area (Å²) in [7, 11) is 0. The number of allylic oxidation sites excluding steroid dienone is 1. The molecule has 0 aliphatic heterocycles. The van der Waals surface area contributed by atoms with E-state index in [1.165, 1.54) is 257 Å². The second kappa shape index (κ2) is 55.2. The molecule has 0 aliphatic carbocycles. The molecule has 0 rings (SSSR count). The number of esters is 1. The fourth-order valence-electron chi connectivity index (χ4n) is 9.28. The van der Waals surface area contributed by atoms with Crippen LogP contribution in [0.5, 0.6) is 0 Å². The quantitative estimate of drug-likeness (QED) is 0.0321. The molecule has 0 heterocycles. The Morgan fingerprint density at radius 2 is 0.708 bits per heavy atom. The largest absolute Gasteiger partial charge is 0.466 e. The number of carbonyl (C=O) groups is 2. The van der Waals surface area contributed by atoms with Crippen molar-refractivity contribution >= 4 is 11.9 Å². The van der Waals surface area contributed by atoms with Crippen LogP contribution in [-0.4, -0.2) is 47.4 Å². The van der Waals surface area contributed by atoms with Crippen LogP contribution in [0.15, 0.2) is 12.2 Å². The summed E-state index contributed by atoms with van der Waals surface area (Å²) in [6.45, 7) is 4.91. The number of aliphatic hydroxyl groups is 2. The van der Waals surface area contributed by atoms with Gasteiger partial charge in [-0.2, -0.15) is 0 Å². The molecule has 6 heteroatoms. The summed E-state index contributed by atoms with van der Waals surface area (Å²) in [6.07, 6.45) is 65.2. The first kappa shape index (κ1) is 63.6. The third kappa shape index (κ3) is 51.8. The number of aliphatic hydroxyl groups excluding tert-OH is 2. The van der Waals surface area contributed by atoms with E-state index in [2.05, 4.69) is 19.2 Å². The lowest BCUT2D eigenvalue weighted by molar-refractivity contribution is -0.143. The molecule has 2 atom stereocenters. The first-order chi connectivity index (χ1) is 32.0. The Bertz CT molecular complexity index is 970. The molecule has 65 heavy (non-hydrogen) atoms. The van der Waals surface area contributed by atoms with Gasteiger partial charge in [-0.15, -0.1) is 0 Å². The number of hydrogen-bond acceptors (Lipinski definition) is 5. The van der Waals surface area contributed by atoms with Crippen LogP contribution in [0.1, 0.15) is 328 Å². The average molecular weight is 919 g/mol. The van der Waals surface area contributed by atoms with E-state index in [1.807, 2.05) is 6.08 Å². The van der Waals surface area contributed by atoms with Crippen molar-refractivity contribution < 1.29 is 24.5 Å². The minimum Gasteiger partial charge on any atom is -0.466 e. The van der Waals surface area contributed by atoms with Crippen LogP contribution in [-0.2, 0) is 14.3 Å². The van der Waals surface area contributed by atoms with E-state index >= 15 is 0 Å². The zero-order valence-electron chi connectivity index (χ0n) is 44.0. The van der Waals surface area contributed by atoms with Crippen molar-refractivity contribution in [3.63, 3.8) is 0 Å². The molecule has 0 bridgehead atoms. The fourth-order valence-corrected chi connectivity index (χ4v) is 9.28. The minimum atomic E-state index is -0.848. The zero-order valence-corrected chi connectivity index (χ0v) is 44.0. The first-order valence-electron chi connectivity index (χ1n) is 29.5. The molecule has 0 aromatic heterocycles. The Hall–Kier alpha value is -1.40. The van der Waals surface area contributed by atoms with Gasteiger partial charge in [-0.25, -0.2) is 0 Å². The number of unbranched alkanes of at least 4 members (excludes halogenated alkanes) is 44. The molecule has 0 aromatic carbocycles. The topological polar surface area (TPSA) is 95.9 Å². The van der Waals surface area contributed by atoms with E-state index in [4.69, 9.17) is 4.74 Å². The number of carbonyl (C=O) groups excluding carboxylic acids is 2. The highest BCUT2D eigenvalue weighted by Gasteiger charge is 2.18. The van der Waals surface area contributed by atoms with Gasteiger partial charge < -0.3 is 20.3 Å². The molecule has 0 radical (unpaired) electrons. The lowest BCUT2D eigenvalue weighted by atomic mass is 10.0. The van der Waals surface area contributed by atoms with Gasteiger partial charge in [0.2, 0.25) is 5.91 Å². The highest BCUT2D eigenvalue weighted by atomic mass is 16.5. The number of amides is 1. The fraction of sp³-hybridized carbons (Fsp3) is 0.932. The van der Waals surface area contributed by atoms with E-state index in [0.29, 0.717) is 19.4 Å². The molecule has 386 valence electrons. The van der Waals surface area contributed by atoms with Gasteiger partial charge in [-0.3, -0.25) is 9.59 Å². The molecule has 3 N–H and O–H groups in total. The maximum atomic E-state index is 12.5. The highest BCUT2D eigenvalue weighted by molar-refractivity contribution is 5.76.